The van der Waals surface area contributed by atoms with Gasteiger partial charge in [0, 0.05) is 51.3 Å². The normalized spacial score (nSPS) is 15.7. The number of nitrogens with two attached hydrogens (primary N) is 1. The molecule has 1 saturated heterocycles. The van der Waals surface area contributed by atoms with Crippen LogP contribution in [0.1, 0.15) is 29.9 Å². The monoisotopic (exact) mass is 553 g/mol. The molecule has 1 fully saturated rings. The molecule has 5 N–H and O–H groups in total. The Morgan fingerprint density at radius 1 is 1.18 bits per heavy atom. The average Bonchev–Trinajstić information content (AvgIpc) is 3.34. The molecule has 1 aliphatic rings. The van der Waals surface area contributed by atoms with E-state index in [-0.39, 0.29) is 34.2 Å². The van der Waals surface area contributed by atoms with E-state index in [0.717, 1.165) is 37.9 Å². The minimum Gasteiger partial charge on any atom is -0.395 e. The molecule has 0 radical (unpaired) electrons. The average molecular weight is 554 g/mol. The van der Waals surface area contributed by atoms with Gasteiger partial charge < -0.3 is 30.8 Å². The number of aromatic nitrogens is 4. The van der Waals surface area contributed by atoms with Gasteiger partial charge in [0.2, 0.25) is 0 Å². The molecule has 0 unspecified atom stereocenters. The van der Waals surface area contributed by atoms with Gasteiger partial charge in [-0.25, -0.2) is 4.98 Å². The maximum atomic E-state index is 13.7. The highest BCUT2D eigenvalue weighted by Gasteiger charge is 2.35. The number of benzene rings is 1. The maximum absolute atomic E-state index is 13.7. The second kappa shape index (κ2) is 10.6. The van der Waals surface area contributed by atoms with Gasteiger partial charge >= 0.3 is 6.18 Å². The smallest absolute Gasteiger partial charge is 0.395 e. The van der Waals surface area contributed by atoms with Gasteiger partial charge in [0.25, 0.3) is 5.56 Å². The lowest BCUT2D eigenvalue weighted by Crippen LogP contribution is -2.44. The summed E-state index contributed by atoms with van der Waals surface area (Å²) in [5.41, 5.74) is 7.69. The zero-order valence-electron chi connectivity index (χ0n) is 22.3. The SMILES string of the molecule is CN=Cc1[nH]c(=O)c(-c2nc3ccc(N4CCN(C)CC4)cc3[nH]2)c(N[C@@H](C)c2ncccc2C(F)(F)F)c1N. The molecule has 10 nitrogen and oxygen atoms in total. The number of H-pyrrole nitrogens is 2. The van der Waals surface area contributed by atoms with Crippen molar-refractivity contribution in [2.24, 2.45) is 4.99 Å². The van der Waals surface area contributed by atoms with Gasteiger partial charge in [-0.15, -0.1) is 0 Å². The number of nitrogen functional groups attached to an aromatic ring is 1. The third-order valence-electron chi connectivity index (χ3n) is 7.03. The van der Waals surface area contributed by atoms with Gasteiger partial charge in [0.05, 0.1) is 45.4 Å². The van der Waals surface area contributed by atoms with E-state index in [1.165, 1.54) is 32.4 Å². The first kappa shape index (κ1) is 27.2. The van der Waals surface area contributed by atoms with Crippen molar-refractivity contribution in [1.82, 2.24) is 24.8 Å². The standard InChI is InChI=1S/C27H30F3N9O/c1-15(23-17(27(28,29)30)5-4-8-33-23)34-24-21(26(40)37-20(14-32-2)22(24)31)25-35-18-7-6-16(13-19(18)36-25)39-11-9-38(3)10-12-39/h4-8,13-15H,9-12,31H2,1-3H3,(H,35,36)(H2,34,37,40)/t15-/m0/s1. The zero-order chi connectivity index (χ0) is 28.6. The van der Waals surface area contributed by atoms with Crippen molar-refractivity contribution >= 4 is 34.3 Å². The summed E-state index contributed by atoms with van der Waals surface area (Å²) in [6.45, 7) is 5.20. The number of hydrogen-bond acceptors (Lipinski definition) is 8. The van der Waals surface area contributed by atoms with Crippen molar-refractivity contribution in [3.8, 4) is 11.4 Å². The molecule has 3 aromatic heterocycles. The topological polar surface area (TPSA) is 131 Å². The Morgan fingerprint density at radius 2 is 1.93 bits per heavy atom. The Hall–Kier alpha value is -4.39. The lowest BCUT2D eigenvalue weighted by Gasteiger charge is -2.34. The van der Waals surface area contributed by atoms with Crippen LogP contribution in [0.3, 0.4) is 0 Å². The Morgan fingerprint density at radius 3 is 2.62 bits per heavy atom. The van der Waals surface area contributed by atoms with E-state index in [9.17, 15) is 18.0 Å². The second-order valence-corrected chi connectivity index (χ2v) is 9.80. The number of alkyl halides is 3. The number of fused-ring (bicyclic) bond motifs is 1. The minimum atomic E-state index is -4.61. The number of hydrogen-bond donors (Lipinski definition) is 4. The predicted octanol–water partition coefficient (Wildman–Crippen LogP) is 3.89. The first-order chi connectivity index (χ1) is 19.1. The van der Waals surface area contributed by atoms with Crippen LogP contribution in [0.5, 0.6) is 0 Å². The molecule has 13 heteroatoms. The fourth-order valence-electron chi connectivity index (χ4n) is 4.91. The van der Waals surface area contributed by atoms with E-state index in [1.54, 1.807) is 0 Å². The molecule has 0 bridgehead atoms. The van der Waals surface area contributed by atoms with Crippen molar-refractivity contribution in [3.63, 3.8) is 0 Å². The summed E-state index contributed by atoms with van der Waals surface area (Å²) in [6.07, 6.45) is -1.95. The van der Waals surface area contributed by atoms with Crippen LogP contribution >= 0.6 is 0 Å². The van der Waals surface area contributed by atoms with Crippen LogP contribution in [-0.4, -0.2) is 71.3 Å². The van der Waals surface area contributed by atoms with Crippen LogP contribution in [0.15, 0.2) is 46.3 Å². The summed E-state index contributed by atoms with van der Waals surface area (Å²) in [5.74, 6) is 0.227. The highest BCUT2D eigenvalue weighted by molar-refractivity contribution is 5.95. The largest absolute Gasteiger partial charge is 0.418 e. The zero-order valence-corrected chi connectivity index (χ0v) is 22.3. The van der Waals surface area contributed by atoms with Crippen LogP contribution < -0.4 is 21.5 Å². The van der Waals surface area contributed by atoms with E-state index in [4.69, 9.17) is 5.73 Å². The van der Waals surface area contributed by atoms with Crippen molar-refractivity contribution in [2.45, 2.75) is 19.1 Å². The Bertz CT molecular complexity index is 1620. The molecule has 0 aliphatic carbocycles. The third-order valence-corrected chi connectivity index (χ3v) is 7.03. The maximum Gasteiger partial charge on any atom is 0.418 e. The van der Waals surface area contributed by atoms with E-state index < -0.39 is 23.3 Å². The number of nitrogens with zero attached hydrogens (tertiary/aromatic N) is 5. The lowest BCUT2D eigenvalue weighted by molar-refractivity contribution is -0.138. The number of pyridine rings is 2. The number of likely N-dealkylation sites (N-methyl/N-ethyl adjacent to an activating group) is 1. The number of aromatic amines is 2. The number of rotatable bonds is 6. The highest BCUT2D eigenvalue weighted by Crippen LogP contribution is 2.37. The van der Waals surface area contributed by atoms with E-state index in [0.29, 0.717) is 11.0 Å². The summed E-state index contributed by atoms with van der Waals surface area (Å²) in [5, 5.41) is 3.02. The number of halogens is 3. The highest BCUT2D eigenvalue weighted by atomic mass is 19.4. The molecule has 1 aromatic carbocycles. The summed E-state index contributed by atoms with van der Waals surface area (Å²) in [4.78, 5) is 36.4. The number of aliphatic imine (C=N–C) groups is 1. The fraction of sp³-hybridized carbons (Fsp3) is 0.333. The minimum absolute atomic E-state index is 0.0689. The molecule has 210 valence electrons. The molecule has 0 amide bonds. The molecule has 0 saturated carbocycles. The molecular weight excluding hydrogens is 523 g/mol. The van der Waals surface area contributed by atoms with E-state index in [2.05, 4.69) is 47.1 Å². The van der Waals surface area contributed by atoms with Crippen LogP contribution in [0, 0.1) is 0 Å². The van der Waals surface area contributed by atoms with Gasteiger partial charge in [-0.2, -0.15) is 13.2 Å². The summed E-state index contributed by atoms with van der Waals surface area (Å²) in [6, 6.07) is 7.07. The summed E-state index contributed by atoms with van der Waals surface area (Å²) >= 11 is 0. The molecule has 40 heavy (non-hydrogen) atoms. The van der Waals surface area contributed by atoms with E-state index >= 15 is 0 Å². The van der Waals surface area contributed by atoms with E-state index in [1.807, 2.05) is 18.2 Å². The number of anilines is 3. The fourth-order valence-corrected chi connectivity index (χ4v) is 4.91. The number of nitrogens with one attached hydrogen (secondary N) is 3. The summed E-state index contributed by atoms with van der Waals surface area (Å²) < 4.78 is 41.2. The van der Waals surface area contributed by atoms with Gasteiger partial charge in [0.1, 0.15) is 11.4 Å². The quantitative estimate of drug-likeness (QED) is 0.267. The second-order valence-electron chi connectivity index (χ2n) is 9.80. The molecule has 4 aromatic rings. The van der Waals surface area contributed by atoms with Crippen LogP contribution in [0.4, 0.5) is 30.2 Å². The first-order valence-electron chi connectivity index (χ1n) is 12.8. The molecule has 4 heterocycles. The van der Waals surface area contributed by atoms with Gasteiger partial charge in [-0.05, 0) is 44.3 Å². The van der Waals surface area contributed by atoms with Gasteiger partial charge in [-0.3, -0.25) is 14.8 Å². The van der Waals surface area contributed by atoms with Crippen molar-refractivity contribution < 1.29 is 13.2 Å². The van der Waals surface area contributed by atoms with Crippen molar-refractivity contribution in [3.05, 3.63) is 63.8 Å². The molecule has 5 rings (SSSR count). The first-order valence-corrected chi connectivity index (χ1v) is 12.8. The van der Waals surface area contributed by atoms with Gasteiger partial charge in [0.15, 0.2) is 0 Å². The van der Waals surface area contributed by atoms with Crippen LogP contribution in [0.2, 0.25) is 0 Å². The number of piperazine rings is 1. The van der Waals surface area contributed by atoms with Crippen molar-refractivity contribution in [2.75, 3.05) is 56.2 Å². The Labute approximate surface area is 228 Å². The Balaban J connectivity index is 1.59. The molecule has 1 aliphatic heterocycles. The number of imidazole rings is 1. The Kier molecular flexibility index (Phi) is 7.23. The van der Waals surface area contributed by atoms with Gasteiger partial charge in [-0.1, -0.05) is 0 Å². The van der Waals surface area contributed by atoms with Crippen molar-refractivity contribution in [1.29, 1.82) is 0 Å². The molecule has 0 spiro atoms. The molecular formula is C27H30F3N9O. The van der Waals surface area contributed by atoms with Crippen LogP contribution in [-0.2, 0) is 6.18 Å². The van der Waals surface area contributed by atoms with Crippen LogP contribution in [0.25, 0.3) is 22.4 Å². The summed E-state index contributed by atoms with van der Waals surface area (Å²) in [7, 11) is 3.61. The lowest BCUT2D eigenvalue weighted by atomic mass is 10.1. The third kappa shape index (κ3) is 5.24. The molecule has 1 atom stereocenters. The predicted molar refractivity (Wildman–Crippen MR) is 151 cm³/mol.